The Morgan fingerprint density at radius 3 is 2.77 bits per heavy atom. The molecule has 0 spiro atoms. The minimum atomic E-state index is 0.557. The van der Waals surface area contributed by atoms with E-state index in [9.17, 15) is 0 Å². The third kappa shape index (κ3) is 2.68. The maximum absolute atomic E-state index is 5.08. The van der Waals surface area contributed by atoms with Crippen molar-refractivity contribution in [2.75, 3.05) is 5.32 Å². The van der Waals surface area contributed by atoms with E-state index in [1.807, 2.05) is 0 Å². The van der Waals surface area contributed by atoms with Crippen LogP contribution in [0.15, 0.2) is 6.33 Å². The summed E-state index contributed by atoms with van der Waals surface area (Å²) in [7, 11) is 0. The van der Waals surface area contributed by atoms with Crippen LogP contribution in [0.3, 0.4) is 0 Å². The first kappa shape index (κ1) is 16.4. The Morgan fingerprint density at radius 2 is 1.92 bits per heavy atom. The highest BCUT2D eigenvalue weighted by molar-refractivity contribution is 7.26. The molecule has 3 heterocycles. The zero-order valence-corrected chi connectivity index (χ0v) is 16.3. The lowest BCUT2D eigenvalue weighted by atomic mass is 9.95. The van der Waals surface area contributed by atoms with Crippen LogP contribution < -0.4 is 5.32 Å². The summed E-state index contributed by atoms with van der Waals surface area (Å²) in [5, 5.41) is 5.04. The molecule has 0 radical (unpaired) electrons. The standard InChI is InChI=1S/C21H26N4S/c1-2-7-16-14-10-6-11-15(14)17-18-19(26-21(17)25-16)20(23-12-22-18)24-13-8-4-3-5-9-13/h12-13H,2-11H2,1H3,(H,22,23,24). The number of thiophene rings is 1. The smallest absolute Gasteiger partial charge is 0.147 e. The van der Waals surface area contributed by atoms with Gasteiger partial charge >= 0.3 is 0 Å². The molecule has 0 amide bonds. The molecular weight excluding hydrogens is 340 g/mol. The molecule has 4 nitrogen and oxygen atoms in total. The van der Waals surface area contributed by atoms with Crippen LogP contribution in [0.4, 0.5) is 5.82 Å². The number of aryl methyl sites for hydroxylation is 2. The molecule has 26 heavy (non-hydrogen) atoms. The third-order valence-electron chi connectivity index (χ3n) is 5.99. The van der Waals surface area contributed by atoms with Gasteiger partial charge < -0.3 is 5.32 Å². The quantitative estimate of drug-likeness (QED) is 0.669. The van der Waals surface area contributed by atoms with Gasteiger partial charge in [0.05, 0.1) is 10.2 Å². The Labute approximate surface area is 158 Å². The van der Waals surface area contributed by atoms with Gasteiger partial charge in [0.25, 0.3) is 0 Å². The highest BCUT2D eigenvalue weighted by atomic mass is 32.1. The Balaban J connectivity index is 1.65. The lowest BCUT2D eigenvalue weighted by Crippen LogP contribution is -2.22. The van der Waals surface area contributed by atoms with Gasteiger partial charge in [-0.1, -0.05) is 32.6 Å². The van der Waals surface area contributed by atoms with Crippen LogP contribution in [-0.2, 0) is 19.3 Å². The van der Waals surface area contributed by atoms with Crippen LogP contribution in [0.5, 0.6) is 0 Å². The normalized spacial score (nSPS) is 17.9. The number of nitrogens with one attached hydrogen (secondary N) is 1. The summed E-state index contributed by atoms with van der Waals surface area (Å²) >= 11 is 1.78. The number of hydrogen-bond acceptors (Lipinski definition) is 5. The summed E-state index contributed by atoms with van der Waals surface area (Å²) in [6, 6.07) is 0.557. The van der Waals surface area contributed by atoms with Crippen molar-refractivity contribution >= 4 is 37.6 Å². The fourth-order valence-corrected chi connectivity index (χ4v) is 5.89. The van der Waals surface area contributed by atoms with Crippen molar-refractivity contribution < 1.29 is 0 Å². The first-order valence-electron chi connectivity index (χ1n) is 10.2. The second kappa shape index (κ2) is 6.76. The highest BCUT2D eigenvalue weighted by Gasteiger charge is 2.24. The van der Waals surface area contributed by atoms with Gasteiger partial charge in [0.15, 0.2) is 0 Å². The zero-order chi connectivity index (χ0) is 17.5. The van der Waals surface area contributed by atoms with Crippen LogP contribution in [-0.4, -0.2) is 21.0 Å². The monoisotopic (exact) mass is 366 g/mol. The zero-order valence-electron chi connectivity index (χ0n) is 15.5. The lowest BCUT2D eigenvalue weighted by Gasteiger charge is -2.23. The number of pyridine rings is 1. The molecule has 3 aromatic rings. The van der Waals surface area contributed by atoms with Crippen LogP contribution >= 0.6 is 11.3 Å². The van der Waals surface area contributed by atoms with E-state index in [-0.39, 0.29) is 0 Å². The van der Waals surface area contributed by atoms with Crippen LogP contribution in [0.2, 0.25) is 0 Å². The maximum atomic E-state index is 5.08. The molecule has 2 aliphatic rings. The van der Waals surface area contributed by atoms with Gasteiger partial charge in [-0.05, 0) is 49.7 Å². The Kier molecular flexibility index (Phi) is 4.27. The first-order chi connectivity index (χ1) is 12.8. The number of hydrogen-bond donors (Lipinski definition) is 1. The highest BCUT2D eigenvalue weighted by Crippen LogP contribution is 2.41. The molecule has 0 saturated heterocycles. The van der Waals surface area contributed by atoms with E-state index in [2.05, 4.69) is 17.2 Å². The molecule has 1 fully saturated rings. The summed E-state index contributed by atoms with van der Waals surface area (Å²) in [5.74, 6) is 1.02. The van der Waals surface area contributed by atoms with E-state index in [1.165, 1.54) is 78.3 Å². The van der Waals surface area contributed by atoms with E-state index in [4.69, 9.17) is 9.97 Å². The molecular formula is C21H26N4S. The Bertz CT molecular complexity index is 956. The molecule has 3 aromatic heterocycles. The molecule has 1 N–H and O–H groups in total. The minimum Gasteiger partial charge on any atom is -0.366 e. The molecule has 0 bridgehead atoms. The summed E-state index contributed by atoms with van der Waals surface area (Å²) < 4.78 is 1.20. The van der Waals surface area contributed by atoms with Gasteiger partial charge in [-0.2, -0.15) is 0 Å². The largest absolute Gasteiger partial charge is 0.366 e. The van der Waals surface area contributed by atoms with E-state index < -0.39 is 0 Å². The predicted octanol–water partition coefficient (Wildman–Crippen LogP) is 5.43. The summed E-state index contributed by atoms with van der Waals surface area (Å²) in [6.45, 7) is 2.25. The van der Waals surface area contributed by atoms with E-state index in [1.54, 1.807) is 17.7 Å². The molecule has 136 valence electrons. The maximum Gasteiger partial charge on any atom is 0.147 e. The van der Waals surface area contributed by atoms with Gasteiger partial charge in [0, 0.05) is 17.1 Å². The molecule has 5 heteroatoms. The molecule has 0 unspecified atom stereocenters. The van der Waals surface area contributed by atoms with Gasteiger partial charge in [0.1, 0.15) is 17.0 Å². The lowest BCUT2D eigenvalue weighted by molar-refractivity contribution is 0.462. The van der Waals surface area contributed by atoms with Gasteiger partial charge in [-0.15, -0.1) is 11.3 Å². The summed E-state index contributed by atoms with van der Waals surface area (Å²) in [5.41, 5.74) is 5.48. The van der Waals surface area contributed by atoms with Crippen LogP contribution in [0.1, 0.15) is 68.7 Å². The van der Waals surface area contributed by atoms with Gasteiger partial charge in [-0.3, -0.25) is 0 Å². The summed E-state index contributed by atoms with van der Waals surface area (Å²) in [4.78, 5) is 15.6. The molecule has 1 saturated carbocycles. The number of nitrogens with zero attached hydrogens (tertiary/aromatic N) is 3. The van der Waals surface area contributed by atoms with Crippen molar-refractivity contribution in [3.05, 3.63) is 23.1 Å². The molecule has 2 aliphatic carbocycles. The van der Waals surface area contributed by atoms with Crippen molar-refractivity contribution in [3.63, 3.8) is 0 Å². The number of anilines is 1. The molecule has 0 atom stereocenters. The van der Waals surface area contributed by atoms with Crippen molar-refractivity contribution in [1.82, 2.24) is 15.0 Å². The summed E-state index contributed by atoms with van der Waals surface area (Å²) in [6.07, 6.45) is 14.1. The average molecular weight is 367 g/mol. The average Bonchev–Trinajstić information content (AvgIpc) is 3.27. The van der Waals surface area contributed by atoms with Crippen LogP contribution in [0, 0.1) is 0 Å². The second-order valence-corrected chi connectivity index (χ2v) is 8.78. The fraction of sp³-hybridized carbons (Fsp3) is 0.571. The van der Waals surface area contributed by atoms with E-state index >= 15 is 0 Å². The van der Waals surface area contributed by atoms with E-state index in [0.29, 0.717) is 6.04 Å². The van der Waals surface area contributed by atoms with Crippen molar-refractivity contribution in [3.8, 4) is 0 Å². The first-order valence-corrected chi connectivity index (χ1v) is 11.0. The Hall–Kier alpha value is -1.75. The minimum absolute atomic E-state index is 0.557. The molecule has 0 aromatic carbocycles. The number of aromatic nitrogens is 3. The van der Waals surface area contributed by atoms with E-state index in [0.717, 1.165) is 29.0 Å². The topological polar surface area (TPSA) is 50.7 Å². The number of rotatable bonds is 4. The van der Waals surface area contributed by atoms with Crippen molar-refractivity contribution in [1.29, 1.82) is 0 Å². The second-order valence-electron chi connectivity index (χ2n) is 7.78. The molecule has 5 rings (SSSR count). The SMILES string of the molecule is CCCc1nc2sc3c(NC4CCCCC4)ncnc3c2c2c1CCC2. The fourth-order valence-electron chi connectivity index (χ4n) is 4.76. The third-order valence-corrected chi connectivity index (χ3v) is 7.07. The van der Waals surface area contributed by atoms with Gasteiger partial charge in [-0.25, -0.2) is 15.0 Å². The van der Waals surface area contributed by atoms with Crippen molar-refractivity contribution in [2.24, 2.45) is 0 Å². The molecule has 0 aliphatic heterocycles. The predicted molar refractivity (Wildman–Crippen MR) is 109 cm³/mol. The van der Waals surface area contributed by atoms with Gasteiger partial charge in [0.2, 0.25) is 0 Å². The van der Waals surface area contributed by atoms with Crippen LogP contribution in [0.25, 0.3) is 20.4 Å². The number of fused-ring (bicyclic) bond motifs is 5. The Morgan fingerprint density at radius 1 is 1.08 bits per heavy atom. The van der Waals surface area contributed by atoms with Crippen molar-refractivity contribution in [2.45, 2.75) is 77.2 Å².